The van der Waals surface area contributed by atoms with Crippen LogP contribution in [0.3, 0.4) is 0 Å². The summed E-state index contributed by atoms with van der Waals surface area (Å²) in [6.07, 6.45) is 0. The van der Waals surface area contributed by atoms with E-state index >= 15 is 0 Å². The molecule has 5 N–H and O–H groups in total. The lowest BCUT2D eigenvalue weighted by Gasteiger charge is -2.09. The third-order valence-corrected chi connectivity index (χ3v) is 3.55. The summed E-state index contributed by atoms with van der Waals surface area (Å²) in [6, 6.07) is 18.0. The van der Waals surface area contributed by atoms with Crippen molar-refractivity contribution in [2.24, 2.45) is 16.5 Å². The minimum Gasteiger partial charge on any atom is -0.507 e. The molecule has 0 aliphatic carbocycles. The van der Waals surface area contributed by atoms with Crippen LogP contribution in [0.5, 0.6) is 5.75 Å². The van der Waals surface area contributed by atoms with Crippen LogP contribution in [0.1, 0.15) is 10.4 Å². The number of benzene rings is 3. The molecule has 114 valence electrons. The van der Waals surface area contributed by atoms with E-state index in [4.69, 9.17) is 11.5 Å². The van der Waals surface area contributed by atoms with E-state index in [0.717, 1.165) is 21.9 Å². The van der Waals surface area contributed by atoms with Gasteiger partial charge in [-0.2, -0.15) is 4.99 Å². The Morgan fingerprint density at radius 2 is 1.65 bits per heavy atom. The Morgan fingerprint density at radius 1 is 0.913 bits per heavy atom. The Bertz CT molecular complexity index is 928. The molecule has 3 rings (SSSR count). The van der Waals surface area contributed by atoms with Gasteiger partial charge in [0, 0.05) is 11.1 Å². The van der Waals surface area contributed by atoms with Crippen LogP contribution in [0.25, 0.3) is 21.9 Å². The maximum Gasteiger partial charge on any atom is 0.280 e. The number of phenols is 1. The second-order valence-corrected chi connectivity index (χ2v) is 5.10. The van der Waals surface area contributed by atoms with Gasteiger partial charge in [0.1, 0.15) is 5.75 Å². The zero-order chi connectivity index (χ0) is 16.4. The summed E-state index contributed by atoms with van der Waals surface area (Å²) in [7, 11) is 0. The average molecular weight is 305 g/mol. The average Bonchev–Trinajstić information content (AvgIpc) is 2.53. The molecule has 3 aromatic carbocycles. The number of hydrogen-bond acceptors (Lipinski definition) is 2. The number of aliphatic imine (C=N–C) groups is 1. The van der Waals surface area contributed by atoms with E-state index in [1.165, 1.54) is 0 Å². The first-order chi connectivity index (χ1) is 11.1. The van der Waals surface area contributed by atoms with Crippen LogP contribution in [-0.4, -0.2) is 17.0 Å². The van der Waals surface area contributed by atoms with Gasteiger partial charge in [-0.05, 0) is 34.5 Å². The smallest absolute Gasteiger partial charge is 0.280 e. The lowest BCUT2D eigenvalue weighted by atomic mass is 9.96. The predicted octanol–water partition coefficient (Wildman–Crippen LogP) is 2.63. The standard InChI is InChI=1S/C18H15N3O2/c19-18(20)21-17(23)12-8-9-13-11(10-12)4-3-6-14(13)15-5-1-2-7-16(15)22/h1-10,22H,(H4,19,20,21,23). The molecular weight excluding hydrogens is 290 g/mol. The van der Waals surface area contributed by atoms with Crippen LogP contribution < -0.4 is 11.5 Å². The molecule has 0 saturated heterocycles. The maximum atomic E-state index is 11.9. The number of carbonyl (C=O) groups is 1. The molecule has 0 radical (unpaired) electrons. The van der Waals surface area contributed by atoms with Crippen LogP contribution >= 0.6 is 0 Å². The Hall–Kier alpha value is -3.34. The highest BCUT2D eigenvalue weighted by molar-refractivity contribution is 6.06. The van der Waals surface area contributed by atoms with Gasteiger partial charge in [-0.3, -0.25) is 4.79 Å². The van der Waals surface area contributed by atoms with Gasteiger partial charge >= 0.3 is 0 Å². The Labute approximate surface area is 132 Å². The van der Waals surface area contributed by atoms with Gasteiger partial charge in [0.05, 0.1) is 0 Å². The van der Waals surface area contributed by atoms with Crippen LogP contribution in [0.2, 0.25) is 0 Å². The third-order valence-electron chi connectivity index (χ3n) is 3.55. The summed E-state index contributed by atoms with van der Waals surface area (Å²) in [5.41, 5.74) is 12.5. The Morgan fingerprint density at radius 3 is 2.39 bits per heavy atom. The van der Waals surface area contributed by atoms with E-state index in [2.05, 4.69) is 4.99 Å². The number of hydrogen-bond donors (Lipinski definition) is 3. The predicted molar refractivity (Wildman–Crippen MR) is 91.2 cm³/mol. The van der Waals surface area contributed by atoms with E-state index in [-0.39, 0.29) is 11.7 Å². The lowest BCUT2D eigenvalue weighted by Crippen LogP contribution is -2.24. The number of phenolic OH excluding ortho intramolecular Hbond substituents is 1. The van der Waals surface area contributed by atoms with Crippen molar-refractivity contribution in [1.82, 2.24) is 0 Å². The lowest BCUT2D eigenvalue weighted by molar-refractivity contribution is 0.100. The molecule has 23 heavy (non-hydrogen) atoms. The molecule has 0 aromatic heterocycles. The topological polar surface area (TPSA) is 102 Å². The number of para-hydroxylation sites is 1. The second-order valence-electron chi connectivity index (χ2n) is 5.10. The highest BCUT2D eigenvalue weighted by Gasteiger charge is 2.10. The quantitative estimate of drug-likeness (QED) is 0.500. The summed E-state index contributed by atoms with van der Waals surface area (Å²) in [5.74, 6) is -0.543. The van der Waals surface area contributed by atoms with Gasteiger partial charge in [-0.15, -0.1) is 0 Å². The Kier molecular flexibility index (Phi) is 3.68. The van der Waals surface area contributed by atoms with Crippen molar-refractivity contribution < 1.29 is 9.90 Å². The number of guanidine groups is 1. The van der Waals surface area contributed by atoms with Crippen LogP contribution in [0.15, 0.2) is 65.7 Å². The molecule has 0 bridgehead atoms. The number of carbonyl (C=O) groups excluding carboxylic acids is 1. The summed E-state index contributed by atoms with van der Waals surface area (Å²) in [5, 5.41) is 11.9. The van der Waals surface area contributed by atoms with Gasteiger partial charge < -0.3 is 16.6 Å². The minimum atomic E-state index is -0.486. The number of fused-ring (bicyclic) bond motifs is 1. The molecule has 5 nitrogen and oxygen atoms in total. The molecule has 0 fully saturated rings. The molecule has 0 atom stereocenters. The van der Waals surface area contributed by atoms with Crippen molar-refractivity contribution in [1.29, 1.82) is 0 Å². The van der Waals surface area contributed by atoms with Crippen LogP contribution in [0, 0.1) is 0 Å². The van der Waals surface area contributed by atoms with Gasteiger partial charge in [0.25, 0.3) is 5.91 Å². The van der Waals surface area contributed by atoms with Gasteiger partial charge in [0.15, 0.2) is 5.96 Å². The van der Waals surface area contributed by atoms with Gasteiger partial charge in [-0.1, -0.05) is 42.5 Å². The number of amides is 1. The molecule has 0 aliphatic rings. The monoisotopic (exact) mass is 305 g/mol. The first-order valence-corrected chi connectivity index (χ1v) is 7.01. The zero-order valence-electron chi connectivity index (χ0n) is 12.2. The fourth-order valence-corrected chi connectivity index (χ4v) is 2.53. The molecular formula is C18H15N3O2. The molecule has 0 heterocycles. The molecule has 0 aliphatic heterocycles. The van der Waals surface area contributed by atoms with Crippen molar-refractivity contribution in [3.05, 3.63) is 66.2 Å². The van der Waals surface area contributed by atoms with E-state index < -0.39 is 5.91 Å². The normalized spacial score (nSPS) is 10.4. The van der Waals surface area contributed by atoms with Gasteiger partial charge in [0.2, 0.25) is 0 Å². The first kappa shape index (κ1) is 14.6. The largest absolute Gasteiger partial charge is 0.507 e. The van der Waals surface area contributed by atoms with E-state index in [0.29, 0.717) is 5.56 Å². The van der Waals surface area contributed by atoms with Crippen molar-refractivity contribution in [2.75, 3.05) is 0 Å². The second kappa shape index (κ2) is 5.81. The molecule has 3 aromatic rings. The SMILES string of the molecule is NC(N)=NC(=O)c1ccc2c(-c3ccccc3O)cccc2c1. The number of nitrogens with zero attached hydrogens (tertiary/aromatic N) is 1. The summed E-state index contributed by atoms with van der Waals surface area (Å²) in [6.45, 7) is 0. The summed E-state index contributed by atoms with van der Waals surface area (Å²) >= 11 is 0. The molecule has 0 spiro atoms. The van der Waals surface area contributed by atoms with E-state index in [1.54, 1.807) is 24.3 Å². The third kappa shape index (κ3) is 2.85. The highest BCUT2D eigenvalue weighted by atomic mass is 16.3. The maximum absolute atomic E-state index is 11.9. The molecule has 1 amide bonds. The first-order valence-electron chi connectivity index (χ1n) is 7.01. The fraction of sp³-hybridized carbons (Fsp3) is 0. The van der Waals surface area contributed by atoms with E-state index in [9.17, 15) is 9.90 Å². The minimum absolute atomic E-state index is 0.209. The van der Waals surface area contributed by atoms with Crippen molar-refractivity contribution in [3.8, 4) is 16.9 Å². The number of aromatic hydroxyl groups is 1. The molecule has 5 heteroatoms. The summed E-state index contributed by atoms with van der Waals surface area (Å²) in [4.78, 5) is 15.5. The van der Waals surface area contributed by atoms with Crippen molar-refractivity contribution in [2.45, 2.75) is 0 Å². The van der Waals surface area contributed by atoms with Crippen LogP contribution in [0.4, 0.5) is 0 Å². The van der Waals surface area contributed by atoms with Crippen molar-refractivity contribution in [3.63, 3.8) is 0 Å². The van der Waals surface area contributed by atoms with E-state index in [1.807, 2.05) is 36.4 Å². The highest BCUT2D eigenvalue weighted by Crippen LogP contribution is 2.34. The Balaban J connectivity index is 2.16. The fourth-order valence-electron chi connectivity index (χ4n) is 2.53. The molecule has 0 saturated carbocycles. The number of rotatable bonds is 2. The van der Waals surface area contributed by atoms with Crippen LogP contribution in [-0.2, 0) is 0 Å². The van der Waals surface area contributed by atoms with Gasteiger partial charge in [-0.25, -0.2) is 0 Å². The molecule has 0 unspecified atom stereocenters. The zero-order valence-corrected chi connectivity index (χ0v) is 12.2. The summed E-state index contributed by atoms with van der Waals surface area (Å²) < 4.78 is 0. The van der Waals surface area contributed by atoms with Crippen molar-refractivity contribution >= 4 is 22.6 Å². The number of nitrogens with two attached hydrogens (primary N) is 2.